The maximum Gasteiger partial charge on any atom is 0.104 e. The summed E-state index contributed by atoms with van der Waals surface area (Å²) in [5.74, 6) is 2.20. The van der Waals surface area contributed by atoms with Crippen LogP contribution in [0.3, 0.4) is 0 Å². The van der Waals surface area contributed by atoms with Crippen LogP contribution in [0.2, 0.25) is 0 Å². The molecular formula is C10H17NO. The van der Waals surface area contributed by atoms with E-state index in [4.69, 9.17) is 10.2 Å². The van der Waals surface area contributed by atoms with Gasteiger partial charge in [-0.1, -0.05) is 13.8 Å². The fraction of sp³-hybridized carbons (Fsp3) is 0.600. The number of rotatable bonds is 4. The minimum atomic E-state index is 0.538. The summed E-state index contributed by atoms with van der Waals surface area (Å²) < 4.78 is 5.26. The van der Waals surface area contributed by atoms with Gasteiger partial charge in [0.2, 0.25) is 0 Å². The molecule has 0 radical (unpaired) electrons. The van der Waals surface area contributed by atoms with Gasteiger partial charge in [-0.2, -0.15) is 0 Å². The summed E-state index contributed by atoms with van der Waals surface area (Å²) in [4.78, 5) is 0. The molecule has 1 atom stereocenters. The zero-order valence-corrected chi connectivity index (χ0v) is 7.79. The smallest absolute Gasteiger partial charge is 0.104 e. The van der Waals surface area contributed by atoms with Crippen molar-refractivity contribution in [1.29, 1.82) is 0 Å². The van der Waals surface area contributed by atoms with Crippen LogP contribution in [0.4, 0.5) is 0 Å². The Hall–Kier alpha value is -0.760. The monoisotopic (exact) mass is 167 g/mol. The van der Waals surface area contributed by atoms with Crippen molar-refractivity contribution in [1.82, 2.24) is 0 Å². The van der Waals surface area contributed by atoms with E-state index in [0.717, 1.165) is 18.7 Å². The van der Waals surface area contributed by atoms with Crippen LogP contribution in [0.25, 0.3) is 0 Å². The standard InChI is InChI=1S/C10H17NO/c1-8(2)9(7-11)6-10-4-3-5-12-10/h3-5,8-9H,6-7,11H2,1-2H3. The number of nitrogens with two attached hydrogens (primary N) is 1. The number of hydrogen-bond donors (Lipinski definition) is 1. The third-order valence-corrected chi connectivity index (χ3v) is 2.29. The Kier molecular flexibility index (Phi) is 3.35. The van der Waals surface area contributed by atoms with Gasteiger partial charge in [0.05, 0.1) is 6.26 Å². The lowest BCUT2D eigenvalue weighted by Crippen LogP contribution is -2.21. The minimum absolute atomic E-state index is 0.538. The SMILES string of the molecule is CC(C)C(CN)Cc1ccco1. The molecule has 2 heteroatoms. The molecule has 2 nitrogen and oxygen atoms in total. The van der Waals surface area contributed by atoms with Gasteiger partial charge in [-0.25, -0.2) is 0 Å². The number of hydrogen-bond acceptors (Lipinski definition) is 2. The first-order chi connectivity index (χ1) is 5.74. The topological polar surface area (TPSA) is 39.2 Å². The predicted molar refractivity (Wildman–Crippen MR) is 49.8 cm³/mol. The molecule has 0 saturated heterocycles. The first-order valence-electron chi connectivity index (χ1n) is 4.46. The largest absolute Gasteiger partial charge is 0.469 e. The second-order valence-electron chi connectivity index (χ2n) is 3.52. The summed E-state index contributed by atoms with van der Waals surface area (Å²) in [7, 11) is 0. The zero-order chi connectivity index (χ0) is 8.97. The van der Waals surface area contributed by atoms with Gasteiger partial charge in [0.1, 0.15) is 5.76 Å². The summed E-state index contributed by atoms with van der Waals surface area (Å²) in [6.45, 7) is 5.12. The molecule has 1 rings (SSSR count). The van der Waals surface area contributed by atoms with Crippen LogP contribution < -0.4 is 5.73 Å². The molecule has 0 aliphatic heterocycles. The molecule has 0 aromatic carbocycles. The third-order valence-electron chi connectivity index (χ3n) is 2.29. The molecule has 0 saturated carbocycles. The minimum Gasteiger partial charge on any atom is -0.469 e. The Morgan fingerprint density at radius 1 is 1.50 bits per heavy atom. The molecule has 12 heavy (non-hydrogen) atoms. The second kappa shape index (κ2) is 4.31. The second-order valence-corrected chi connectivity index (χ2v) is 3.52. The van der Waals surface area contributed by atoms with Crippen molar-refractivity contribution < 1.29 is 4.42 Å². The lowest BCUT2D eigenvalue weighted by Gasteiger charge is -2.16. The van der Waals surface area contributed by atoms with E-state index in [2.05, 4.69) is 13.8 Å². The summed E-state index contributed by atoms with van der Waals surface area (Å²) in [5.41, 5.74) is 5.65. The van der Waals surface area contributed by atoms with Gasteiger partial charge < -0.3 is 10.2 Å². The van der Waals surface area contributed by atoms with Gasteiger partial charge in [-0.05, 0) is 30.5 Å². The summed E-state index contributed by atoms with van der Waals surface area (Å²) in [6, 6.07) is 3.92. The first-order valence-corrected chi connectivity index (χ1v) is 4.46. The molecule has 0 fully saturated rings. The highest BCUT2D eigenvalue weighted by molar-refractivity contribution is 4.99. The molecule has 0 aliphatic rings. The van der Waals surface area contributed by atoms with Crippen LogP contribution in [0.5, 0.6) is 0 Å². The lowest BCUT2D eigenvalue weighted by atomic mass is 9.92. The van der Waals surface area contributed by atoms with Crippen molar-refractivity contribution in [2.45, 2.75) is 20.3 Å². The maximum atomic E-state index is 5.65. The Morgan fingerprint density at radius 3 is 2.67 bits per heavy atom. The van der Waals surface area contributed by atoms with E-state index in [-0.39, 0.29) is 0 Å². The normalized spacial score (nSPS) is 13.7. The van der Waals surface area contributed by atoms with Gasteiger partial charge in [-0.3, -0.25) is 0 Å². The molecule has 1 aromatic heterocycles. The van der Waals surface area contributed by atoms with Crippen molar-refractivity contribution in [3.8, 4) is 0 Å². The van der Waals surface area contributed by atoms with E-state index in [9.17, 15) is 0 Å². The average Bonchev–Trinajstić information content (AvgIpc) is 2.51. The molecule has 0 bridgehead atoms. The predicted octanol–water partition coefficient (Wildman–Crippen LogP) is 2.05. The Labute approximate surface area is 73.8 Å². The van der Waals surface area contributed by atoms with Gasteiger partial charge in [-0.15, -0.1) is 0 Å². The fourth-order valence-corrected chi connectivity index (χ4v) is 1.28. The molecular weight excluding hydrogens is 150 g/mol. The van der Waals surface area contributed by atoms with Gasteiger partial charge in [0, 0.05) is 6.42 Å². The van der Waals surface area contributed by atoms with E-state index in [1.807, 2.05) is 12.1 Å². The van der Waals surface area contributed by atoms with Crippen molar-refractivity contribution in [3.05, 3.63) is 24.2 Å². The van der Waals surface area contributed by atoms with E-state index >= 15 is 0 Å². The van der Waals surface area contributed by atoms with Gasteiger partial charge in [0.25, 0.3) is 0 Å². The Morgan fingerprint density at radius 2 is 2.25 bits per heavy atom. The third kappa shape index (κ3) is 2.38. The highest BCUT2D eigenvalue weighted by Crippen LogP contribution is 2.15. The van der Waals surface area contributed by atoms with Gasteiger partial charge in [0.15, 0.2) is 0 Å². The highest BCUT2D eigenvalue weighted by Gasteiger charge is 2.12. The van der Waals surface area contributed by atoms with Crippen molar-refractivity contribution in [3.63, 3.8) is 0 Å². The summed E-state index contributed by atoms with van der Waals surface area (Å²) in [5, 5.41) is 0. The van der Waals surface area contributed by atoms with Crippen LogP contribution in [-0.4, -0.2) is 6.54 Å². The van der Waals surface area contributed by atoms with E-state index < -0.39 is 0 Å². The lowest BCUT2D eigenvalue weighted by molar-refractivity contribution is 0.358. The molecule has 68 valence electrons. The average molecular weight is 167 g/mol. The Bertz CT molecular complexity index is 204. The fourth-order valence-electron chi connectivity index (χ4n) is 1.28. The van der Waals surface area contributed by atoms with E-state index in [1.54, 1.807) is 6.26 Å². The highest BCUT2D eigenvalue weighted by atomic mass is 16.3. The van der Waals surface area contributed by atoms with Crippen molar-refractivity contribution in [2.24, 2.45) is 17.6 Å². The summed E-state index contributed by atoms with van der Waals surface area (Å²) in [6.07, 6.45) is 2.67. The summed E-state index contributed by atoms with van der Waals surface area (Å²) >= 11 is 0. The van der Waals surface area contributed by atoms with E-state index in [1.165, 1.54) is 0 Å². The van der Waals surface area contributed by atoms with Gasteiger partial charge >= 0.3 is 0 Å². The number of furan rings is 1. The quantitative estimate of drug-likeness (QED) is 0.745. The van der Waals surface area contributed by atoms with Crippen molar-refractivity contribution in [2.75, 3.05) is 6.54 Å². The molecule has 0 amide bonds. The Balaban J connectivity index is 2.48. The maximum absolute atomic E-state index is 5.65. The van der Waals surface area contributed by atoms with Crippen LogP contribution in [0.15, 0.2) is 22.8 Å². The van der Waals surface area contributed by atoms with Crippen molar-refractivity contribution >= 4 is 0 Å². The molecule has 1 aromatic rings. The van der Waals surface area contributed by atoms with Crippen LogP contribution >= 0.6 is 0 Å². The molecule has 2 N–H and O–H groups in total. The molecule has 1 heterocycles. The van der Waals surface area contributed by atoms with E-state index in [0.29, 0.717) is 11.8 Å². The molecule has 1 unspecified atom stereocenters. The molecule has 0 spiro atoms. The zero-order valence-electron chi connectivity index (χ0n) is 7.79. The first kappa shape index (κ1) is 9.33. The van der Waals surface area contributed by atoms with Crippen LogP contribution in [0.1, 0.15) is 19.6 Å². The van der Waals surface area contributed by atoms with Crippen LogP contribution in [0, 0.1) is 11.8 Å². The van der Waals surface area contributed by atoms with Crippen LogP contribution in [-0.2, 0) is 6.42 Å². The molecule has 0 aliphatic carbocycles.